The lowest BCUT2D eigenvalue weighted by Gasteiger charge is -2.48. The lowest BCUT2D eigenvalue weighted by Crippen LogP contribution is -2.53. The largest absolute Gasteiger partial charge is 0.376 e. The molecule has 1 aromatic rings. The first-order valence-corrected chi connectivity index (χ1v) is 10.5. The summed E-state index contributed by atoms with van der Waals surface area (Å²) in [6, 6.07) is 4.26. The molecule has 1 spiro atoms. The maximum atomic E-state index is 12.5. The number of aryl methyl sites for hydroxylation is 2. The molecule has 150 valence electrons. The smallest absolute Gasteiger partial charge is 0.222 e. The van der Waals surface area contributed by atoms with Crippen LogP contribution in [-0.2, 0) is 9.53 Å². The molecule has 3 saturated heterocycles. The molecule has 3 aliphatic heterocycles. The third-order valence-electron chi connectivity index (χ3n) is 6.89. The molecule has 0 bridgehead atoms. The Morgan fingerprint density at radius 2 is 2.11 bits per heavy atom. The van der Waals surface area contributed by atoms with Crippen molar-refractivity contribution < 1.29 is 9.53 Å². The molecule has 6 heteroatoms. The van der Waals surface area contributed by atoms with Crippen LogP contribution in [0.4, 0.5) is 5.82 Å². The number of likely N-dealkylation sites (tertiary alicyclic amines) is 1. The van der Waals surface area contributed by atoms with Gasteiger partial charge < -0.3 is 14.5 Å². The summed E-state index contributed by atoms with van der Waals surface area (Å²) in [7, 11) is 0. The van der Waals surface area contributed by atoms with Crippen molar-refractivity contribution in [3.63, 3.8) is 0 Å². The number of nitriles is 1. The molecule has 4 heterocycles. The summed E-state index contributed by atoms with van der Waals surface area (Å²) in [6.07, 6.45) is 6.11. The third-order valence-corrected chi connectivity index (χ3v) is 6.89. The Bertz CT molecular complexity index is 786. The molecule has 4 rings (SSSR count). The van der Waals surface area contributed by atoms with Crippen molar-refractivity contribution in [2.45, 2.75) is 58.5 Å². The molecular weight excluding hydrogens is 352 g/mol. The van der Waals surface area contributed by atoms with Crippen LogP contribution in [-0.4, -0.2) is 54.7 Å². The number of hydrogen-bond acceptors (Lipinski definition) is 5. The van der Waals surface area contributed by atoms with E-state index in [2.05, 4.69) is 15.9 Å². The van der Waals surface area contributed by atoms with Gasteiger partial charge in [-0.2, -0.15) is 5.26 Å². The number of nitrogens with zero attached hydrogens (tertiary/aromatic N) is 4. The number of hydrogen-bond donors (Lipinski definition) is 0. The van der Waals surface area contributed by atoms with Crippen molar-refractivity contribution in [2.24, 2.45) is 5.41 Å². The normalized spacial score (nSPS) is 24.6. The molecule has 0 N–H and O–H groups in total. The first kappa shape index (κ1) is 19.2. The lowest BCUT2D eigenvalue weighted by molar-refractivity contribution is -0.140. The molecule has 28 heavy (non-hydrogen) atoms. The summed E-state index contributed by atoms with van der Waals surface area (Å²) < 4.78 is 5.76. The Morgan fingerprint density at radius 1 is 1.32 bits per heavy atom. The van der Waals surface area contributed by atoms with Crippen molar-refractivity contribution in [3.05, 3.63) is 22.9 Å². The standard InChI is InChI=1S/C22H30N4O2/c1-16-12-18(13-23)21(24-17(16)2)25-9-7-22(8-10-25)6-5-20(27)26(15-22)14-19-4-3-11-28-19/h12,19H,3-11,14-15H2,1-2H3/t19-/m1/s1. The van der Waals surface area contributed by atoms with Crippen LogP contribution in [0.5, 0.6) is 0 Å². The van der Waals surface area contributed by atoms with Crippen LogP contribution in [0.1, 0.15) is 55.3 Å². The number of anilines is 1. The number of aromatic nitrogens is 1. The summed E-state index contributed by atoms with van der Waals surface area (Å²) in [5.74, 6) is 1.11. The second-order valence-corrected chi connectivity index (χ2v) is 8.77. The number of carbonyl (C=O) groups excluding carboxylic acids is 1. The lowest BCUT2D eigenvalue weighted by atomic mass is 9.72. The third kappa shape index (κ3) is 3.73. The zero-order valence-electron chi connectivity index (χ0n) is 17.0. The highest BCUT2D eigenvalue weighted by Crippen LogP contribution is 2.41. The van der Waals surface area contributed by atoms with Gasteiger partial charge in [0.2, 0.25) is 5.91 Å². The van der Waals surface area contributed by atoms with Crippen molar-refractivity contribution in [2.75, 3.05) is 37.7 Å². The van der Waals surface area contributed by atoms with Crippen LogP contribution in [0.25, 0.3) is 0 Å². The Balaban J connectivity index is 1.44. The molecule has 3 aliphatic rings. The second-order valence-electron chi connectivity index (χ2n) is 8.77. The summed E-state index contributed by atoms with van der Waals surface area (Å²) in [4.78, 5) is 21.5. The highest BCUT2D eigenvalue weighted by atomic mass is 16.5. The van der Waals surface area contributed by atoms with Gasteiger partial charge >= 0.3 is 0 Å². The highest BCUT2D eigenvalue weighted by Gasteiger charge is 2.42. The van der Waals surface area contributed by atoms with E-state index in [1.807, 2.05) is 19.9 Å². The van der Waals surface area contributed by atoms with Gasteiger partial charge in [0.05, 0.1) is 11.7 Å². The molecule has 1 aromatic heterocycles. The molecule has 0 aromatic carbocycles. The Morgan fingerprint density at radius 3 is 2.79 bits per heavy atom. The summed E-state index contributed by atoms with van der Waals surface area (Å²) in [5, 5.41) is 9.53. The van der Waals surface area contributed by atoms with Gasteiger partial charge in [0.1, 0.15) is 11.9 Å². The Labute approximate surface area is 167 Å². The van der Waals surface area contributed by atoms with Gasteiger partial charge in [-0.3, -0.25) is 4.79 Å². The monoisotopic (exact) mass is 382 g/mol. The number of piperidine rings is 2. The van der Waals surface area contributed by atoms with Gasteiger partial charge in [0.15, 0.2) is 0 Å². The van der Waals surface area contributed by atoms with Gasteiger partial charge in [-0.25, -0.2) is 4.98 Å². The van der Waals surface area contributed by atoms with Gasteiger partial charge in [0.25, 0.3) is 0 Å². The minimum Gasteiger partial charge on any atom is -0.376 e. The van der Waals surface area contributed by atoms with Crippen LogP contribution in [0, 0.1) is 30.6 Å². The molecular formula is C22H30N4O2. The van der Waals surface area contributed by atoms with E-state index in [4.69, 9.17) is 9.72 Å². The van der Waals surface area contributed by atoms with E-state index >= 15 is 0 Å². The zero-order chi connectivity index (χ0) is 19.7. The average molecular weight is 383 g/mol. The minimum absolute atomic E-state index is 0.204. The maximum absolute atomic E-state index is 12.5. The van der Waals surface area contributed by atoms with E-state index < -0.39 is 0 Å². The molecule has 0 aliphatic carbocycles. The molecule has 1 amide bonds. The van der Waals surface area contributed by atoms with Crippen molar-refractivity contribution >= 4 is 11.7 Å². The first-order chi connectivity index (χ1) is 13.5. The summed E-state index contributed by atoms with van der Waals surface area (Å²) in [5.41, 5.74) is 2.91. The number of rotatable bonds is 3. The average Bonchev–Trinajstić information content (AvgIpc) is 3.20. The van der Waals surface area contributed by atoms with Crippen LogP contribution in [0.2, 0.25) is 0 Å². The predicted octanol–water partition coefficient (Wildman–Crippen LogP) is 2.96. The number of ether oxygens (including phenoxy) is 1. The SMILES string of the molecule is Cc1cc(C#N)c(N2CCC3(CCC(=O)N(C[C@H]4CCCO4)C3)CC2)nc1C. The fourth-order valence-corrected chi connectivity index (χ4v) is 4.92. The van der Waals surface area contributed by atoms with Gasteiger partial charge in [-0.05, 0) is 63.0 Å². The van der Waals surface area contributed by atoms with Crippen LogP contribution < -0.4 is 4.90 Å². The molecule has 0 saturated carbocycles. The molecule has 0 unspecified atom stereocenters. The predicted molar refractivity (Wildman–Crippen MR) is 107 cm³/mol. The van der Waals surface area contributed by atoms with Crippen LogP contribution >= 0.6 is 0 Å². The van der Waals surface area contributed by atoms with Crippen LogP contribution in [0.3, 0.4) is 0 Å². The number of pyridine rings is 1. The number of amides is 1. The van der Waals surface area contributed by atoms with Crippen molar-refractivity contribution in [3.8, 4) is 6.07 Å². The van der Waals surface area contributed by atoms with E-state index in [-0.39, 0.29) is 17.4 Å². The van der Waals surface area contributed by atoms with E-state index in [0.717, 1.165) is 82.0 Å². The Kier molecular flexibility index (Phi) is 5.29. The fraction of sp³-hybridized carbons (Fsp3) is 0.682. The van der Waals surface area contributed by atoms with Gasteiger partial charge in [-0.15, -0.1) is 0 Å². The highest BCUT2D eigenvalue weighted by molar-refractivity contribution is 5.77. The minimum atomic E-state index is 0.204. The number of carbonyl (C=O) groups is 1. The summed E-state index contributed by atoms with van der Waals surface area (Å²) in [6.45, 7) is 8.23. The second kappa shape index (κ2) is 7.71. The molecule has 1 atom stereocenters. The summed E-state index contributed by atoms with van der Waals surface area (Å²) >= 11 is 0. The van der Waals surface area contributed by atoms with E-state index in [1.165, 1.54) is 0 Å². The molecule has 6 nitrogen and oxygen atoms in total. The topological polar surface area (TPSA) is 69.5 Å². The van der Waals surface area contributed by atoms with Crippen molar-refractivity contribution in [1.29, 1.82) is 5.26 Å². The van der Waals surface area contributed by atoms with Gasteiger partial charge in [-0.1, -0.05) is 0 Å². The zero-order valence-corrected chi connectivity index (χ0v) is 17.0. The van der Waals surface area contributed by atoms with Gasteiger partial charge in [0, 0.05) is 44.9 Å². The maximum Gasteiger partial charge on any atom is 0.222 e. The molecule has 3 fully saturated rings. The van der Waals surface area contributed by atoms with E-state index in [9.17, 15) is 10.1 Å². The van der Waals surface area contributed by atoms with Crippen LogP contribution in [0.15, 0.2) is 6.07 Å². The fourth-order valence-electron chi connectivity index (χ4n) is 4.92. The van der Waals surface area contributed by atoms with Crippen molar-refractivity contribution in [1.82, 2.24) is 9.88 Å². The first-order valence-electron chi connectivity index (χ1n) is 10.5. The quantitative estimate of drug-likeness (QED) is 0.804. The van der Waals surface area contributed by atoms with E-state index in [1.54, 1.807) is 0 Å². The van der Waals surface area contributed by atoms with E-state index in [0.29, 0.717) is 12.0 Å². The Hall–Kier alpha value is -2.13. The molecule has 0 radical (unpaired) electrons.